The van der Waals surface area contributed by atoms with E-state index in [-0.39, 0.29) is 34.6 Å². The fourth-order valence-corrected chi connectivity index (χ4v) is 7.91. The summed E-state index contributed by atoms with van der Waals surface area (Å²) < 4.78 is 0.548. The van der Waals surface area contributed by atoms with E-state index in [0.717, 1.165) is 16.1 Å². The fourth-order valence-electron chi connectivity index (χ4n) is 5.19. The predicted octanol–water partition coefficient (Wildman–Crippen LogP) is 5.54. The summed E-state index contributed by atoms with van der Waals surface area (Å²) in [6, 6.07) is 11.1. The average molecular weight is 620 g/mol. The zero-order chi connectivity index (χ0) is 30.2. The summed E-state index contributed by atoms with van der Waals surface area (Å²) in [7, 11) is 0. The van der Waals surface area contributed by atoms with E-state index in [1.165, 1.54) is 41.4 Å². The molecular weight excluding hydrogens is 591 g/mol. The lowest BCUT2D eigenvalue weighted by Crippen LogP contribution is -2.42. The third-order valence-electron chi connectivity index (χ3n) is 6.95. The predicted molar refractivity (Wildman–Crippen MR) is 166 cm³/mol. The molecule has 0 spiro atoms. The molecule has 2 aliphatic rings. The molecule has 216 valence electrons. The third kappa shape index (κ3) is 5.97. The Labute approximate surface area is 255 Å². The molecule has 0 radical (unpaired) electrons. The van der Waals surface area contributed by atoms with Crippen molar-refractivity contribution in [3.05, 3.63) is 68.8 Å². The maximum absolute atomic E-state index is 13.7. The number of carbonyl (C=O) groups excluding carboxylic acids is 3. The number of ketones is 1. The number of rotatable bonds is 7. The number of nitriles is 1. The third-order valence-corrected chi connectivity index (χ3v) is 10.1. The highest BCUT2D eigenvalue weighted by Gasteiger charge is 2.46. The number of nitrogens with two attached hydrogens (primary N) is 1. The van der Waals surface area contributed by atoms with Gasteiger partial charge >= 0.3 is 0 Å². The van der Waals surface area contributed by atoms with Crippen LogP contribution in [0.3, 0.4) is 0 Å². The average Bonchev–Trinajstić information content (AvgIpc) is 3.56. The first-order chi connectivity index (χ1) is 20.0. The van der Waals surface area contributed by atoms with E-state index in [1.54, 1.807) is 29.2 Å². The zero-order valence-electron chi connectivity index (χ0n) is 23.5. The highest BCUT2D eigenvalue weighted by Crippen LogP contribution is 2.52. The maximum Gasteiger partial charge on any atom is 0.234 e. The Bertz CT molecular complexity index is 1680. The van der Waals surface area contributed by atoms with Crippen molar-refractivity contribution in [1.29, 1.82) is 5.26 Å². The second kappa shape index (κ2) is 11.7. The van der Waals surface area contributed by atoms with Gasteiger partial charge in [-0.05, 0) is 60.0 Å². The van der Waals surface area contributed by atoms with E-state index in [4.69, 9.17) is 5.73 Å². The van der Waals surface area contributed by atoms with Gasteiger partial charge in [0.05, 0.1) is 23.3 Å². The van der Waals surface area contributed by atoms with Gasteiger partial charge in [0.25, 0.3) is 0 Å². The van der Waals surface area contributed by atoms with Gasteiger partial charge in [-0.25, -0.2) is 0 Å². The molecule has 1 atom stereocenters. The zero-order valence-corrected chi connectivity index (χ0v) is 25.9. The number of allylic oxidation sites excluding steroid dienone is 3. The van der Waals surface area contributed by atoms with Crippen LogP contribution < -0.4 is 21.3 Å². The maximum atomic E-state index is 13.7. The number of amides is 2. The highest BCUT2D eigenvalue weighted by molar-refractivity contribution is 8.01. The Morgan fingerprint density at radius 2 is 1.86 bits per heavy atom. The number of nitrogens with zero attached hydrogens (tertiary/aromatic N) is 4. The van der Waals surface area contributed by atoms with Gasteiger partial charge in [-0.2, -0.15) is 5.26 Å². The molecule has 4 N–H and O–H groups in total. The first-order valence-corrected chi connectivity index (χ1v) is 15.8. The molecule has 0 fully saturated rings. The van der Waals surface area contributed by atoms with E-state index in [9.17, 15) is 19.6 Å². The standard InChI is InChI=1S/C29H29N7O3S3/c1-15-9-10-40-25(15)23-19(13-30)26(31)36(20-11-29(3,4)12-21(38)24(20)23)27-34-35-28(42-27)41-14-22(39)33-18-7-5-17(6-8-18)32-16(2)37/h5-10,23H,11-12,14,31H2,1-4H3,(H,32,37)(H,33,39). The first kappa shape index (κ1) is 29.5. The summed E-state index contributed by atoms with van der Waals surface area (Å²) >= 11 is 4.00. The van der Waals surface area contributed by atoms with Crippen LogP contribution in [-0.2, 0) is 14.4 Å². The van der Waals surface area contributed by atoms with Crippen molar-refractivity contribution in [2.24, 2.45) is 11.1 Å². The summed E-state index contributed by atoms with van der Waals surface area (Å²) in [6.07, 6.45) is 0.959. The number of Topliss-reactive ketones (excluding diaryl/α,β-unsaturated/α-hetero) is 1. The molecule has 5 rings (SSSR count). The van der Waals surface area contributed by atoms with Crippen molar-refractivity contribution < 1.29 is 14.4 Å². The lowest BCUT2D eigenvalue weighted by Gasteiger charge is -2.42. The molecule has 1 aliphatic carbocycles. The van der Waals surface area contributed by atoms with E-state index in [2.05, 4.69) is 26.9 Å². The molecule has 0 saturated heterocycles. The smallest absolute Gasteiger partial charge is 0.234 e. The molecule has 1 aromatic carbocycles. The molecule has 10 nitrogen and oxygen atoms in total. The van der Waals surface area contributed by atoms with Crippen molar-refractivity contribution in [2.75, 3.05) is 21.3 Å². The minimum Gasteiger partial charge on any atom is -0.384 e. The van der Waals surface area contributed by atoms with Gasteiger partial charge in [0.1, 0.15) is 5.82 Å². The molecular formula is C29H29N7O3S3. The van der Waals surface area contributed by atoms with Crippen molar-refractivity contribution in [3.8, 4) is 6.07 Å². The monoisotopic (exact) mass is 619 g/mol. The van der Waals surface area contributed by atoms with Gasteiger partial charge in [0.2, 0.25) is 16.9 Å². The lowest BCUT2D eigenvalue weighted by atomic mass is 9.69. The minimum absolute atomic E-state index is 0.00481. The van der Waals surface area contributed by atoms with Crippen molar-refractivity contribution >= 4 is 68.5 Å². The number of thiophene rings is 1. The van der Waals surface area contributed by atoms with Gasteiger partial charge < -0.3 is 16.4 Å². The number of aryl methyl sites for hydroxylation is 1. The Kier molecular flexibility index (Phi) is 8.23. The van der Waals surface area contributed by atoms with Crippen molar-refractivity contribution in [3.63, 3.8) is 0 Å². The molecule has 1 aliphatic heterocycles. The molecule has 3 heterocycles. The van der Waals surface area contributed by atoms with Gasteiger partial charge in [-0.15, -0.1) is 21.5 Å². The Hall–Kier alpha value is -3.99. The summed E-state index contributed by atoms with van der Waals surface area (Å²) in [5.74, 6) is -0.572. The number of aromatic nitrogens is 2. The van der Waals surface area contributed by atoms with Crippen LogP contribution in [0.15, 0.2) is 62.7 Å². The fraction of sp³-hybridized carbons (Fsp3) is 0.310. The van der Waals surface area contributed by atoms with Crippen LogP contribution in [0.25, 0.3) is 0 Å². The minimum atomic E-state index is -0.511. The summed E-state index contributed by atoms with van der Waals surface area (Å²) in [6.45, 7) is 7.50. The van der Waals surface area contributed by atoms with Crippen LogP contribution >= 0.6 is 34.4 Å². The highest BCUT2D eigenvalue weighted by atomic mass is 32.2. The topological polar surface area (TPSA) is 154 Å². The molecule has 0 saturated carbocycles. The number of thioether (sulfide) groups is 1. The lowest BCUT2D eigenvalue weighted by molar-refractivity contribution is -0.118. The SMILES string of the molecule is CC(=O)Nc1ccc(NC(=O)CSc2nnc(N3C(N)=C(C#N)C(c4sccc4C)C4=C3CC(C)(C)CC4=O)s2)cc1. The first-order valence-electron chi connectivity index (χ1n) is 13.1. The second-order valence-corrected chi connectivity index (χ2v) is 14.0. The Morgan fingerprint density at radius 3 is 2.48 bits per heavy atom. The molecule has 3 aromatic rings. The normalized spacial score (nSPS) is 18.0. The van der Waals surface area contributed by atoms with Crippen LogP contribution in [0.5, 0.6) is 0 Å². The number of hydrogen-bond donors (Lipinski definition) is 3. The molecule has 42 heavy (non-hydrogen) atoms. The number of nitrogens with one attached hydrogen (secondary N) is 2. The molecule has 2 aromatic heterocycles. The summed E-state index contributed by atoms with van der Waals surface area (Å²) in [5, 5.41) is 26.8. The van der Waals surface area contributed by atoms with E-state index in [1.807, 2.05) is 32.2 Å². The summed E-state index contributed by atoms with van der Waals surface area (Å²) in [5.41, 5.74) is 10.3. The molecule has 1 unspecified atom stereocenters. The van der Waals surface area contributed by atoms with Gasteiger partial charge in [0, 0.05) is 40.9 Å². The van der Waals surface area contributed by atoms with Crippen molar-refractivity contribution in [1.82, 2.24) is 10.2 Å². The second-order valence-electron chi connectivity index (χ2n) is 10.9. The van der Waals surface area contributed by atoms with Crippen LogP contribution in [0.4, 0.5) is 16.5 Å². The summed E-state index contributed by atoms with van der Waals surface area (Å²) in [4.78, 5) is 40.1. The van der Waals surface area contributed by atoms with Crippen molar-refractivity contribution in [2.45, 2.75) is 50.8 Å². The van der Waals surface area contributed by atoms with Gasteiger partial charge in [0.15, 0.2) is 10.1 Å². The molecule has 2 amide bonds. The van der Waals surface area contributed by atoms with E-state index >= 15 is 0 Å². The largest absolute Gasteiger partial charge is 0.384 e. The number of anilines is 3. The quantitative estimate of drug-likeness (QED) is 0.289. The molecule has 13 heteroatoms. The van der Waals surface area contributed by atoms with Crippen LogP contribution in [0.2, 0.25) is 0 Å². The number of benzene rings is 1. The van der Waals surface area contributed by atoms with Gasteiger partial charge in [-0.3, -0.25) is 19.3 Å². The molecule has 0 bridgehead atoms. The van der Waals surface area contributed by atoms with Crippen LogP contribution in [0.1, 0.15) is 50.0 Å². The Balaban J connectivity index is 1.38. The Morgan fingerprint density at radius 1 is 1.17 bits per heavy atom. The van der Waals surface area contributed by atoms with E-state index < -0.39 is 5.92 Å². The number of hydrogen-bond acceptors (Lipinski definition) is 11. The van der Waals surface area contributed by atoms with Gasteiger partial charge in [-0.1, -0.05) is 36.9 Å². The van der Waals surface area contributed by atoms with E-state index in [0.29, 0.717) is 44.8 Å². The van der Waals surface area contributed by atoms with Crippen LogP contribution in [0, 0.1) is 23.7 Å². The number of carbonyl (C=O) groups is 3. The van der Waals surface area contributed by atoms with Crippen LogP contribution in [-0.4, -0.2) is 33.5 Å².